The molecule has 1 unspecified atom stereocenters. The van der Waals surface area contributed by atoms with Gasteiger partial charge in [-0.3, -0.25) is 34.6 Å². The van der Waals surface area contributed by atoms with Gasteiger partial charge in [0.1, 0.15) is 17.8 Å². The van der Waals surface area contributed by atoms with Crippen molar-refractivity contribution < 1.29 is 38.6 Å². The molecule has 2 aromatic heterocycles. The standard InChI is InChI=1S/C50H64N8O8/c1-10-42(60)55-21-18-34(28-55)47(62)54(8)44(30(3)4)46(61)53-58-27-32-22-35(24-36(59)23-32)33-16-17-41-38(25-33)39(45(56(41)11-2)37-14-12-19-51-43(37)31(5)65-9)26-50(6,7)29-66-48(63)40-15-13-20-57(52-40)49(58)64/h10,12,14,16-17,19,22-25,30-31,34,40,44,52,59H,1,11,13,15,18,20-21,26-29H2,2-9H3,(H,53,61)/t31-,34-,40-,44?/m0/s1. The Bertz CT molecular complexity index is 2520. The van der Waals surface area contributed by atoms with Gasteiger partial charge in [-0.1, -0.05) is 40.3 Å². The number of pyridine rings is 1. The first kappa shape index (κ1) is 47.7. The van der Waals surface area contributed by atoms with Gasteiger partial charge >= 0.3 is 12.0 Å². The summed E-state index contributed by atoms with van der Waals surface area (Å²) in [5.41, 5.74) is 12.2. The van der Waals surface area contributed by atoms with E-state index < -0.39 is 41.3 Å². The molecule has 3 aliphatic rings. The monoisotopic (exact) mass is 904 g/mol. The van der Waals surface area contributed by atoms with E-state index in [4.69, 9.17) is 14.5 Å². The zero-order valence-electron chi connectivity index (χ0n) is 39.4. The van der Waals surface area contributed by atoms with Gasteiger partial charge in [-0.2, -0.15) is 0 Å². The Kier molecular flexibility index (Phi) is 14.2. The minimum Gasteiger partial charge on any atom is -0.508 e. The third-order valence-electron chi connectivity index (χ3n) is 13.1. The molecule has 2 aromatic carbocycles. The van der Waals surface area contributed by atoms with Gasteiger partial charge in [0, 0.05) is 68.4 Å². The number of aromatic hydroxyl groups is 1. The number of aryl methyl sites for hydroxylation is 1. The summed E-state index contributed by atoms with van der Waals surface area (Å²) in [6.45, 7) is 16.8. The number of hydrogen-bond donors (Lipinski definition) is 3. The fourth-order valence-corrected chi connectivity index (χ4v) is 9.72. The molecule has 352 valence electrons. The number of likely N-dealkylation sites (N-methyl/N-ethyl adjacent to an activating group) is 1. The maximum Gasteiger partial charge on any atom is 0.353 e. The first-order chi connectivity index (χ1) is 31.4. The quantitative estimate of drug-likeness (QED) is 0.120. The smallest absolute Gasteiger partial charge is 0.353 e. The lowest BCUT2D eigenvalue weighted by molar-refractivity contribution is -0.152. The van der Waals surface area contributed by atoms with Crippen molar-refractivity contribution in [1.82, 2.24) is 40.2 Å². The average Bonchev–Trinajstić information content (AvgIpc) is 3.92. The number of rotatable bonds is 10. The van der Waals surface area contributed by atoms with Crippen molar-refractivity contribution in [2.45, 2.75) is 98.5 Å². The zero-order valence-corrected chi connectivity index (χ0v) is 39.4. The first-order valence-electron chi connectivity index (χ1n) is 22.9. The van der Waals surface area contributed by atoms with Crippen molar-refractivity contribution in [3.05, 3.63) is 84.2 Å². The SMILES string of the molecule is C=CC(=O)N1CC[C@H](C(=O)N(C)C(C(=O)NN2Cc3cc(O)cc(c3)-c3ccc4c(c3)c(c(-c3cccnc3[C@H](C)OC)n4CC)CC(C)(C)COC(=O)[C@@H]3CCCN(N3)C2=O)C(C)C)C1. The number of ether oxygens (including phenoxy) is 2. The van der Waals surface area contributed by atoms with Crippen LogP contribution in [0.3, 0.4) is 0 Å². The maximum atomic E-state index is 14.6. The predicted octanol–water partition coefficient (Wildman–Crippen LogP) is 6.37. The van der Waals surface area contributed by atoms with Gasteiger partial charge in [0.05, 0.1) is 36.6 Å². The number of carbonyl (C=O) groups is 5. The van der Waals surface area contributed by atoms with Gasteiger partial charge in [0.25, 0.3) is 5.91 Å². The fourth-order valence-electron chi connectivity index (χ4n) is 9.72. The molecular weight excluding hydrogens is 841 g/mol. The van der Waals surface area contributed by atoms with Crippen molar-refractivity contribution >= 4 is 40.6 Å². The Morgan fingerprint density at radius 3 is 2.58 bits per heavy atom. The molecule has 0 radical (unpaired) electrons. The second kappa shape index (κ2) is 19.7. The Hall–Kier alpha value is -6.26. The van der Waals surface area contributed by atoms with Crippen LogP contribution < -0.4 is 10.9 Å². The molecule has 5 amide bonds. The van der Waals surface area contributed by atoms with Crippen LogP contribution in [0.15, 0.2) is 67.4 Å². The number of nitrogens with zero attached hydrogens (tertiary/aromatic N) is 6. The van der Waals surface area contributed by atoms with E-state index >= 15 is 0 Å². The van der Waals surface area contributed by atoms with Crippen molar-refractivity contribution in [3.8, 4) is 28.1 Å². The third-order valence-corrected chi connectivity index (χ3v) is 13.1. The van der Waals surface area contributed by atoms with Crippen LogP contribution in [0.1, 0.15) is 83.7 Å². The summed E-state index contributed by atoms with van der Waals surface area (Å²) in [7, 11) is 3.23. The van der Waals surface area contributed by atoms with Crippen LogP contribution in [-0.2, 0) is 48.2 Å². The second-order valence-electron chi connectivity index (χ2n) is 18.9. The highest BCUT2D eigenvalue weighted by molar-refractivity contribution is 5.96. The van der Waals surface area contributed by atoms with Crippen molar-refractivity contribution in [1.29, 1.82) is 0 Å². The Labute approximate surface area is 386 Å². The molecule has 2 fully saturated rings. The normalized spacial score (nSPS) is 19.9. The molecule has 6 bridgehead atoms. The van der Waals surface area contributed by atoms with Crippen LogP contribution in [-0.4, -0.2) is 117 Å². The van der Waals surface area contributed by atoms with E-state index in [1.165, 1.54) is 16.0 Å². The molecule has 16 heteroatoms. The predicted molar refractivity (Wildman–Crippen MR) is 250 cm³/mol. The highest BCUT2D eigenvalue weighted by Gasteiger charge is 2.40. The molecule has 0 saturated carbocycles. The molecule has 2 saturated heterocycles. The number of phenols is 1. The molecule has 16 nitrogen and oxygen atoms in total. The number of nitrogens with one attached hydrogen (secondary N) is 2. The fraction of sp³-hybridized carbons (Fsp3) is 0.480. The van der Waals surface area contributed by atoms with Crippen molar-refractivity contribution in [2.75, 3.05) is 40.4 Å². The highest BCUT2D eigenvalue weighted by Crippen LogP contribution is 2.42. The summed E-state index contributed by atoms with van der Waals surface area (Å²) < 4.78 is 14.2. The lowest BCUT2D eigenvalue weighted by Crippen LogP contribution is -2.63. The number of fused-ring (bicyclic) bond motifs is 6. The van der Waals surface area contributed by atoms with Crippen LogP contribution in [0.2, 0.25) is 0 Å². The molecule has 3 N–H and O–H groups in total. The van der Waals surface area contributed by atoms with E-state index in [0.29, 0.717) is 49.9 Å². The summed E-state index contributed by atoms with van der Waals surface area (Å²) in [6.07, 6.45) is 4.58. The maximum absolute atomic E-state index is 14.6. The van der Waals surface area contributed by atoms with Gasteiger partial charge in [0.15, 0.2) is 0 Å². The number of phenolic OH excluding ortho intramolecular Hbond substituents is 1. The third kappa shape index (κ3) is 9.80. The van der Waals surface area contributed by atoms with E-state index in [9.17, 15) is 29.1 Å². The van der Waals surface area contributed by atoms with Crippen LogP contribution in [0.4, 0.5) is 4.79 Å². The molecule has 0 aliphatic carbocycles. The summed E-state index contributed by atoms with van der Waals surface area (Å²) in [5.74, 6) is -2.57. The molecule has 7 rings (SSSR count). The van der Waals surface area contributed by atoms with E-state index in [2.05, 4.69) is 61.0 Å². The first-order valence-corrected chi connectivity index (χ1v) is 22.9. The molecule has 4 aromatic rings. The Morgan fingerprint density at radius 1 is 1.09 bits per heavy atom. The molecular formula is C50H64N8O8. The number of methoxy groups -OCH3 is 1. The summed E-state index contributed by atoms with van der Waals surface area (Å²) in [5, 5.41) is 14.8. The number of carbonyl (C=O) groups excluding carboxylic acids is 5. The van der Waals surface area contributed by atoms with E-state index in [0.717, 1.165) is 44.0 Å². The van der Waals surface area contributed by atoms with Crippen molar-refractivity contribution in [2.24, 2.45) is 17.3 Å². The minimum absolute atomic E-state index is 0.0395. The molecule has 4 atom stereocenters. The van der Waals surface area contributed by atoms with Gasteiger partial charge in [-0.15, -0.1) is 0 Å². The van der Waals surface area contributed by atoms with Gasteiger partial charge < -0.3 is 28.9 Å². The molecule has 3 aliphatic heterocycles. The van der Waals surface area contributed by atoms with Crippen LogP contribution >= 0.6 is 0 Å². The number of urea groups is 1. The lowest BCUT2D eigenvalue weighted by atomic mass is 9.84. The van der Waals surface area contributed by atoms with Crippen LogP contribution in [0.25, 0.3) is 33.3 Å². The number of aromatic nitrogens is 2. The number of benzene rings is 2. The lowest BCUT2D eigenvalue weighted by Gasteiger charge is -2.38. The van der Waals surface area contributed by atoms with Crippen LogP contribution in [0, 0.1) is 17.3 Å². The van der Waals surface area contributed by atoms with Gasteiger partial charge in [-0.25, -0.2) is 15.2 Å². The second-order valence-corrected chi connectivity index (χ2v) is 18.9. The van der Waals surface area contributed by atoms with E-state index in [1.54, 1.807) is 37.4 Å². The molecule has 0 spiro atoms. The number of amides is 5. The largest absolute Gasteiger partial charge is 0.508 e. The van der Waals surface area contributed by atoms with Crippen molar-refractivity contribution in [3.63, 3.8) is 0 Å². The molecule has 66 heavy (non-hydrogen) atoms. The van der Waals surface area contributed by atoms with E-state index in [1.807, 2.05) is 39.0 Å². The average molecular weight is 905 g/mol. The zero-order chi connectivity index (χ0) is 47.6. The Balaban J connectivity index is 1.31. The number of likely N-dealkylation sites (tertiary alicyclic amines) is 1. The number of cyclic esters (lactones) is 1. The Morgan fingerprint density at radius 2 is 1.86 bits per heavy atom. The number of hydrogen-bond acceptors (Lipinski definition) is 10. The van der Waals surface area contributed by atoms with E-state index in [-0.39, 0.29) is 55.8 Å². The number of esters is 1. The van der Waals surface area contributed by atoms with Crippen LogP contribution in [0.5, 0.6) is 5.75 Å². The highest BCUT2D eigenvalue weighted by atomic mass is 16.5. The number of hydrazine groups is 2. The summed E-state index contributed by atoms with van der Waals surface area (Å²) >= 11 is 0. The van der Waals surface area contributed by atoms with Gasteiger partial charge in [0.2, 0.25) is 11.8 Å². The summed E-state index contributed by atoms with van der Waals surface area (Å²) in [4.78, 5) is 77.0. The minimum atomic E-state index is -0.996. The van der Waals surface area contributed by atoms with Gasteiger partial charge in [-0.05, 0) is 116 Å². The summed E-state index contributed by atoms with van der Waals surface area (Å²) in [6, 6.07) is 12.8. The topological polar surface area (TPSA) is 179 Å². The molecule has 5 heterocycles.